The zero-order valence-electron chi connectivity index (χ0n) is 16.8. The highest BCUT2D eigenvalue weighted by molar-refractivity contribution is 5.99. The number of halogens is 1. The van der Waals surface area contributed by atoms with Crippen LogP contribution in [0.2, 0.25) is 0 Å². The second-order valence-electron chi connectivity index (χ2n) is 8.06. The van der Waals surface area contributed by atoms with E-state index in [2.05, 4.69) is 37.6 Å². The van der Waals surface area contributed by atoms with Crippen molar-refractivity contribution in [2.45, 2.75) is 18.8 Å². The van der Waals surface area contributed by atoms with Gasteiger partial charge >= 0.3 is 0 Å². The number of fused-ring (bicyclic) bond motifs is 2. The Bertz CT molecular complexity index is 1380. The van der Waals surface area contributed by atoms with Crippen LogP contribution < -0.4 is 5.32 Å². The molecule has 1 aliphatic heterocycles. The van der Waals surface area contributed by atoms with Crippen LogP contribution >= 0.6 is 0 Å². The minimum atomic E-state index is -0.258. The lowest BCUT2D eigenvalue weighted by Gasteiger charge is -2.22. The van der Waals surface area contributed by atoms with Crippen molar-refractivity contribution in [3.05, 3.63) is 66.4 Å². The Hall–Kier alpha value is -3.58. The van der Waals surface area contributed by atoms with Crippen LogP contribution in [0.4, 0.5) is 4.39 Å². The first-order valence-electron chi connectivity index (χ1n) is 10.5. The van der Waals surface area contributed by atoms with E-state index < -0.39 is 0 Å². The zero-order chi connectivity index (χ0) is 20.8. The fourth-order valence-electron chi connectivity index (χ4n) is 4.50. The highest BCUT2D eigenvalue weighted by Gasteiger charge is 2.19. The molecule has 6 rings (SSSR count). The fourth-order valence-corrected chi connectivity index (χ4v) is 4.50. The van der Waals surface area contributed by atoms with Gasteiger partial charge in [-0.3, -0.25) is 15.1 Å². The molecule has 0 aliphatic carbocycles. The SMILES string of the molecule is Fc1ccc(-c2nccc3[nH]c(-c4n[nH]c5cnc(C6CCNCC6)cc45)cc23)cc1. The number of pyridine rings is 2. The predicted molar refractivity (Wildman–Crippen MR) is 119 cm³/mol. The Kier molecular flexibility index (Phi) is 4.28. The molecule has 3 N–H and O–H groups in total. The van der Waals surface area contributed by atoms with Crippen molar-refractivity contribution in [2.75, 3.05) is 13.1 Å². The van der Waals surface area contributed by atoms with E-state index >= 15 is 0 Å². The third kappa shape index (κ3) is 3.18. The normalized spacial score (nSPS) is 15.1. The minimum Gasteiger partial charge on any atom is -0.353 e. The van der Waals surface area contributed by atoms with Gasteiger partial charge in [0.2, 0.25) is 0 Å². The van der Waals surface area contributed by atoms with Gasteiger partial charge in [0.15, 0.2) is 0 Å². The summed E-state index contributed by atoms with van der Waals surface area (Å²) in [6, 6.07) is 12.6. The molecule has 0 bridgehead atoms. The molecule has 0 radical (unpaired) electrons. The van der Waals surface area contributed by atoms with Gasteiger partial charge in [-0.2, -0.15) is 5.10 Å². The van der Waals surface area contributed by atoms with Gasteiger partial charge in [0.1, 0.15) is 11.5 Å². The summed E-state index contributed by atoms with van der Waals surface area (Å²) in [5.41, 5.74) is 6.49. The number of hydrogen-bond donors (Lipinski definition) is 3. The third-order valence-corrected chi connectivity index (χ3v) is 6.15. The lowest BCUT2D eigenvalue weighted by Crippen LogP contribution is -2.27. The van der Waals surface area contributed by atoms with Gasteiger partial charge in [0.05, 0.1) is 23.1 Å². The lowest BCUT2D eigenvalue weighted by molar-refractivity contribution is 0.453. The summed E-state index contributed by atoms with van der Waals surface area (Å²) in [7, 11) is 0. The molecule has 5 aromatic rings. The van der Waals surface area contributed by atoms with Crippen LogP contribution in [0.1, 0.15) is 24.5 Å². The predicted octanol–water partition coefficient (Wildman–Crippen LogP) is 4.77. The summed E-state index contributed by atoms with van der Waals surface area (Å²) < 4.78 is 13.4. The number of benzene rings is 1. The maximum atomic E-state index is 13.4. The molecule has 1 aromatic carbocycles. The van der Waals surface area contributed by atoms with Crippen molar-refractivity contribution in [3.63, 3.8) is 0 Å². The Morgan fingerprint density at radius 1 is 0.871 bits per heavy atom. The number of aromatic amines is 2. The Morgan fingerprint density at radius 2 is 1.68 bits per heavy atom. The number of nitrogens with zero attached hydrogens (tertiary/aromatic N) is 3. The van der Waals surface area contributed by atoms with Crippen molar-refractivity contribution in [1.29, 1.82) is 0 Å². The number of nitrogens with one attached hydrogen (secondary N) is 3. The molecule has 0 spiro atoms. The van der Waals surface area contributed by atoms with E-state index in [1.165, 1.54) is 12.1 Å². The highest BCUT2D eigenvalue weighted by Crippen LogP contribution is 2.34. The van der Waals surface area contributed by atoms with E-state index in [0.29, 0.717) is 5.92 Å². The smallest absolute Gasteiger partial charge is 0.123 e. The van der Waals surface area contributed by atoms with Crippen LogP contribution in [0, 0.1) is 5.82 Å². The molecule has 1 fully saturated rings. The summed E-state index contributed by atoms with van der Waals surface area (Å²) in [4.78, 5) is 12.7. The molecule has 0 amide bonds. The molecule has 5 heterocycles. The van der Waals surface area contributed by atoms with E-state index in [-0.39, 0.29) is 5.82 Å². The molecule has 6 nitrogen and oxygen atoms in total. The second-order valence-corrected chi connectivity index (χ2v) is 8.06. The molecule has 0 atom stereocenters. The van der Waals surface area contributed by atoms with Gasteiger partial charge < -0.3 is 10.3 Å². The van der Waals surface area contributed by atoms with Crippen LogP contribution in [0.25, 0.3) is 44.5 Å². The average molecular weight is 412 g/mol. The van der Waals surface area contributed by atoms with Crippen LogP contribution in [0.5, 0.6) is 0 Å². The number of H-pyrrole nitrogens is 2. The van der Waals surface area contributed by atoms with Crippen LogP contribution in [0.15, 0.2) is 54.9 Å². The van der Waals surface area contributed by atoms with Crippen LogP contribution in [-0.4, -0.2) is 38.2 Å². The van der Waals surface area contributed by atoms with Crippen molar-refractivity contribution in [2.24, 2.45) is 0 Å². The molecule has 1 saturated heterocycles. The number of aromatic nitrogens is 5. The number of rotatable bonds is 3. The highest BCUT2D eigenvalue weighted by atomic mass is 19.1. The standard InChI is InChI=1S/C24H21FN6/c25-16-3-1-15(2-4-16)23-17-12-21(29-19(17)7-10-27-23)24-18-11-20(14-5-8-26-9-6-14)28-13-22(18)30-31-24/h1-4,7,10-14,26,29H,5-6,8-9H2,(H,30,31). The van der Waals surface area contributed by atoms with Gasteiger partial charge in [-0.05, 0) is 68.4 Å². The summed E-state index contributed by atoms with van der Waals surface area (Å²) >= 11 is 0. The monoisotopic (exact) mass is 412 g/mol. The van der Waals surface area contributed by atoms with E-state index in [9.17, 15) is 4.39 Å². The molecule has 1 aliphatic rings. The van der Waals surface area contributed by atoms with E-state index in [1.54, 1.807) is 18.3 Å². The maximum absolute atomic E-state index is 13.4. The van der Waals surface area contributed by atoms with Crippen molar-refractivity contribution < 1.29 is 4.39 Å². The Morgan fingerprint density at radius 3 is 2.52 bits per heavy atom. The molecular formula is C24H21FN6. The second kappa shape index (κ2) is 7.28. The molecular weight excluding hydrogens is 391 g/mol. The third-order valence-electron chi connectivity index (χ3n) is 6.15. The van der Waals surface area contributed by atoms with Crippen molar-refractivity contribution >= 4 is 21.8 Å². The Balaban J connectivity index is 1.46. The van der Waals surface area contributed by atoms with Gasteiger partial charge in [0, 0.05) is 39.7 Å². The number of hydrogen-bond acceptors (Lipinski definition) is 4. The topological polar surface area (TPSA) is 82.3 Å². The first kappa shape index (κ1) is 18.2. The lowest BCUT2D eigenvalue weighted by atomic mass is 9.93. The first-order chi connectivity index (χ1) is 15.3. The summed E-state index contributed by atoms with van der Waals surface area (Å²) in [6.07, 6.45) is 5.86. The summed E-state index contributed by atoms with van der Waals surface area (Å²) in [6.45, 7) is 2.06. The van der Waals surface area contributed by atoms with Crippen molar-refractivity contribution in [3.8, 4) is 22.6 Å². The van der Waals surface area contributed by atoms with Gasteiger partial charge in [0.25, 0.3) is 0 Å². The maximum Gasteiger partial charge on any atom is 0.123 e. The molecule has 4 aromatic heterocycles. The van der Waals surface area contributed by atoms with Crippen molar-refractivity contribution in [1.82, 2.24) is 30.5 Å². The minimum absolute atomic E-state index is 0.258. The van der Waals surface area contributed by atoms with Crippen LogP contribution in [0.3, 0.4) is 0 Å². The largest absolute Gasteiger partial charge is 0.353 e. The van der Waals surface area contributed by atoms with Gasteiger partial charge in [-0.1, -0.05) is 0 Å². The van der Waals surface area contributed by atoms with Gasteiger partial charge in [-0.15, -0.1) is 0 Å². The van der Waals surface area contributed by atoms with E-state index in [1.807, 2.05) is 12.3 Å². The zero-order valence-corrected chi connectivity index (χ0v) is 16.8. The van der Waals surface area contributed by atoms with Crippen LogP contribution in [-0.2, 0) is 0 Å². The van der Waals surface area contributed by atoms with Gasteiger partial charge in [-0.25, -0.2) is 4.39 Å². The Labute approximate surface area is 177 Å². The molecule has 0 unspecified atom stereocenters. The van der Waals surface area contributed by atoms with E-state index in [0.717, 1.165) is 76.1 Å². The summed E-state index contributed by atoms with van der Waals surface area (Å²) in [5, 5.41) is 13.1. The molecule has 154 valence electrons. The average Bonchev–Trinajstić information content (AvgIpc) is 3.43. The number of piperidine rings is 1. The molecule has 0 saturated carbocycles. The fraction of sp³-hybridized carbons (Fsp3) is 0.208. The molecule has 7 heteroatoms. The summed E-state index contributed by atoms with van der Waals surface area (Å²) in [5.74, 6) is 0.220. The first-order valence-corrected chi connectivity index (χ1v) is 10.5. The quantitative estimate of drug-likeness (QED) is 0.399. The van der Waals surface area contributed by atoms with E-state index in [4.69, 9.17) is 4.98 Å². The molecule has 31 heavy (non-hydrogen) atoms.